The molecular formula is C52H32N2OS. The molecule has 0 radical (unpaired) electrons. The Kier molecular flexibility index (Phi) is 6.80. The van der Waals surface area contributed by atoms with Crippen molar-refractivity contribution in [1.29, 1.82) is 0 Å². The number of furan rings is 1. The molecular weight excluding hydrogens is 701 g/mol. The molecule has 0 unspecified atom stereocenters. The zero-order valence-electron chi connectivity index (χ0n) is 30.2. The molecule has 3 nitrogen and oxygen atoms in total. The van der Waals surface area contributed by atoms with E-state index in [1.54, 1.807) is 0 Å². The summed E-state index contributed by atoms with van der Waals surface area (Å²) in [5.74, 6) is 0. The molecule has 0 aliphatic carbocycles. The van der Waals surface area contributed by atoms with Crippen LogP contribution in [-0.4, -0.2) is 4.57 Å². The molecule has 0 amide bonds. The fourth-order valence-electron chi connectivity index (χ4n) is 8.78. The smallest absolute Gasteiger partial charge is 0.137 e. The van der Waals surface area contributed by atoms with Gasteiger partial charge in [-0.1, -0.05) is 115 Å². The van der Waals surface area contributed by atoms with Crippen molar-refractivity contribution in [3.8, 4) is 16.8 Å². The third-order valence-electron chi connectivity index (χ3n) is 11.4. The fourth-order valence-corrected chi connectivity index (χ4v) is 9.94. The number of hydrogen-bond donors (Lipinski definition) is 0. The van der Waals surface area contributed by atoms with Gasteiger partial charge in [0.1, 0.15) is 11.2 Å². The summed E-state index contributed by atoms with van der Waals surface area (Å²) in [5, 5.41) is 9.95. The van der Waals surface area contributed by atoms with Gasteiger partial charge in [-0.3, -0.25) is 0 Å². The van der Waals surface area contributed by atoms with E-state index in [0.717, 1.165) is 44.7 Å². The van der Waals surface area contributed by atoms with E-state index in [1.165, 1.54) is 63.9 Å². The van der Waals surface area contributed by atoms with Crippen molar-refractivity contribution in [2.45, 2.75) is 0 Å². The van der Waals surface area contributed by atoms with E-state index in [4.69, 9.17) is 4.42 Å². The van der Waals surface area contributed by atoms with Crippen LogP contribution in [0.4, 0.5) is 17.1 Å². The maximum atomic E-state index is 6.41. The number of para-hydroxylation sites is 3. The van der Waals surface area contributed by atoms with Crippen LogP contribution in [0.3, 0.4) is 0 Å². The Labute approximate surface area is 326 Å². The largest absolute Gasteiger partial charge is 0.456 e. The number of thiophene rings is 1. The van der Waals surface area contributed by atoms with Gasteiger partial charge in [0.2, 0.25) is 0 Å². The van der Waals surface area contributed by atoms with Crippen molar-refractivity contribution < 1.29 is 4.42 Å². The van der Waals surface area contributed by atoms with Gasteiger partial charge >= 0.3 is 0 Å². The first kappa shape index (κ1) is 31.2. The van der Waals surface area contributed by atoms with Crippen LogP contribution in [0.5, 0.6) is 0 Å². The highest BCUT2D eigenvalue weighted by atomic mass is 32.1. The molecule has 0 aliphatic rings. The molecule has 0 saturated carbocycles. The number of benzene rings is 9. The molecule has 9 aromatic carbocycles. The lowest BCUT2D eigenvalue weighted by molar-refractivity contribution is 0.669. The van der Waals surface area contributed by atoms with Crippen molar-refractivity contribution in [3.63, 3.8) is 0 Å². The first-order valence-electron chi connectivity index (χ1n) is 19.0. The van der Waals surface area contributed by atoms with Crippen LogP contribution >= 0.6 is 11.3 Å². The second kappa shape index (κ2) is 12.2. The Balaban J connectivity index is 1.01. The van der Waals surface area contributed by atoms with E-state index in [2.05, 4.69) is 191 Å². The summed E-state index contributed by atoms with van der Waals surface area (Å²) < 4.78 is 11.4. The van der Waals surface area contributed by atoms with Gasteiger partial charge in [-0.05, 0) is 94.7 Å². The van der Waals surface area contributed by atoms with Crippen molar-refractivity contribution in [2.24, 2.45) is 0 Å². The Morgan fingerprint density at radius 3 is 1.91 bits per heavy atom. The van der Waals surface area contributed by atoms with Gasteiger partial charge in [0.25, 0.3) is 0 Å². The molecule has 12 rings (SSSR count). The number of fused-ring (bicyclic) bond motifs is 11. The average molecular weight is 733 g/mol. The molecule has 0 atom stereocenters. The second-order valence-corrected chi connectivity index (χ2v) is 15.6. The van der Waals surface area contributed by atoms with Crippen molar-refractivity contribution in [2.75, 3.05) is 4.90 Å². The topological polar surface area (TPSA) is 21.3 Å². The zero-order chi connectivity index (χ0) is 36.7. The lowest BCUT2D eigenvalue weighted by atomic mass is 10.0. The van der Waals surface area contributed by atoms with Crippen LogP contribution in [0.1, 0.15) is 0 Å². The van der Waals surface area contributed by atoms with Crippen LogP contribution < -0.4 is 4.90 Å². The Hall–Kier alpha value is -7.14. The van der Waals surface area contributed by atoms with Gasteiger partial charge in [0.15, 0.2) is 0 Å². The van der Waals surface area contributed by atoms with E-state index in [1.807, 2.05) is 23.5 Å². The zero-order valence-corrected chi connectivity index (χ0v) is 31.0. The summed E-state index contributed by atoms with van der Waals surface area (Å²) in [6, 6.07) is 70.2. The second-order valence-electron chi connectivity index (χ2n) is 14.5. The molecule has 262 valence electrons. The highest BCUT2D eigenvalue weighted by Gasteiger charge is 2.19. The molecule has 4 heteroatoms. The Morgan fingerprint density at radius 1 is 0.393 bits per heavy atom. The van der Waals surface area contributed by atoms with Gasteiger partial charge in [0, 0.05) is 70.5 Å². The van der Waals surface area contributed by atoms with Gasteiger partial charge in [-0.25, -0.2) is 0 Å². The summed E-state index contributed by atoms with van der Waals surface area (Å²) in [7, 11) is 0. The number of hydrogen-bond acceptors (Lipinski definition) is 3. The lowest BCUT2D eigenvalue weighted by Gasteiger charge is -2.26. The molecule has 0 fully saturated rings. The number of aromatic nitrogens is 1. The maximum Gasteiger partial charge on any atom is 0.137 e. The minimum Gasteiger partial charge on any atom is -0.456 e. The van der Waals surface area contributed by atoms with Crippen LogP contribution in [0, 0.1) is 0 Å². The van der Waals surface area contributed by atoms with E-state index in [0.29, 0.717) is 0 Å². The molecule has 3 aromatic heterocycles. The van der Waals surface area contributed by atoms with Crippen molar-refractivity contribution >= 4 is 103 Å². The quantitative estimate of drug-likeness (QED) is 0.176. The third-order valence-corrected chi connectivity index (χ3v) is 12.5. The summed E-state index contributed by atoms with van der Waals surface area (Å²) in [6.45, 7) is 0. The maximum absolute atomic E-state index is 6.41. The predicted molar refractivity (Wildman–Crippen MR) is 239 cm³/mol. The molecule has 3 heterocycles. The monoisotopic (exact) mass is 732 g/mol. The standard InChI is InChI=1S/C52H32N2OS/c1-2-11-36(12-3-1)54-46-16-8-6-14-41(46)42-26-20-35(30-47(42)54)33-18-22-37(23-19-33)53(38-24-27-44-43-15-7-9-17-48(43)55-49(44)31-38)39-25-28-45-51(32-39)56-50-29-21-34-10-4-5-13-40(34)52(45)50/h1-32H. The summed E-state index contributed by atoms with van der Waals surface area (Å²) >= 11 is 1.86. The first-order valence-corrected chi connectivity index (χ1v) is 19.8. The average Bonchev–Trinajstić information content (AvgIpc) is 3.93. The molecule has 0 N–H and O–H groups in total. The minimum atomic E-state index is 0.877. The molecule has 0 spiro atoms. The van der Waals surface area contributed by atoms with E-state index >= 15 is 0 Å². The highest BCUT2D eigenvalue weighted by molar-refractivity contribution is 7.26. The van der Waals surface area contributed by atoms with Crippen LogP contribution in [0.2, 0.25) is 0 Å². The van der Waals surface area contributed by atoms with Gasteiger partial charge in [-0.15, -0.1) is 11.3 Å². The SMILES string of the molecule is c1ccc(-n2c3ccccc3c3ccc(-c4ccc(N(c5ccc6c(c5)oc5ccccc56)c5ccc6c(c5)sc5ccc7ccccc7c56)cc4)cc32)cc1. The van der Waals surface area contributed by atoms with Crippen LogP contribution in [0.15, 0.2) is 199 Å². The third kappa shape index (κ3) is 4.76. The minimum absolute atomic E-state index is 0.877. The lowest BCUT2D eigenvalue weighted by Crippen LogP contribution is -2.09. The van der Waals surface area contributed by atoms with E-state index < -0.39 is 0 Å². The van der Waals surface area contributed by atoms with Gasteiger partial charge in [0.05, 0.1) is 11.0 Å². The molecule has 0 aliphatic heterocycles. The normalized spacial score (nSPS) is 11.9. The molecule has 0 saturated heterocycles. The number of rotatable bonds is 5. The fraction of sp³-hybridized carbons (Fsp3) is 0. The van der Waals surface area contributed by atoms with Crippen LogP contribution in [-0.2, 0) is 0 Å². The number of nitrogens with zero attached hydrogens (tertiary/aromatic N) is 2. The van der Waals surface area contributed by atoms with Crippen LogP contribution in [0.25, 0.3) is 91.5 Å². The highest BCUT2D eigenvalue weighted by Crippen LogP contribution is 2.44. The Bertz CT molecular complexity index is 3480. The van der Waals surface area contributed by atoms with E-state index in [9.17, 15) is 0 Å². The Morgan fingerprint density at radius 2 is 1.04 bits per heavy atom. The first-order chi connectivity index (χ1) is 27.7. The molecule has 12 aromatic rings. The van der Waals surface area contributed by atoms with Gasteiger partial charge in [-0.2, -0.15) is 0 Å². The molecule has 56 heavy (non-hydrogen) atoms. The number of anilines is 3. The van der Waals surface area contributed by atoms with Crippen molar-refractivity contribution in [1.82, 2.24) is 4.57 Å². The summed E-state index contributed by atoms with van der Waals surface area (Å²) in [6.07, 6.45) is 0. The predicted octanol–water partition coefficient (Wildman–Crippen LogP) is 15.3. The molecule has 0 bridgehead atoms. The van der Waals surface area contributed by atoms with Crippen molar-refractivity contribution in [3.05, 3.63) is 194 Å². The summed E-state index contributed by atoms with van der Waals surface area (Å²) in [5.41, 5.74) is 10.9. The van der Waals surface area contributed by atoms with E-state index in [-0.39, 0.29) is 0 Å². The summed E-state index contributed by atoms with van der Waals surface area (Å²) in [4.78, 5) is 2.36. The van der Waals surface area contributed by atoms with Gasteiger partial charge < -0.3 is 13.9 Å².